The highest BCUT2D eigenvalue weighted by Gasteiger charge is 2.08. The summed E-state index contributed by atoms with van der Waals surface area (Å²) in [5, 5.41) is 3.27. The molecule has 1 heterocycles. The summed E-state index contributed by atoms with van der Waals surface area (Å²) in [6.45, 7) is 8.11. The van der Waals surface area contributed by atoms with E-state index in [1.165, 1.54) is 32.0 Å². The van der Waals surface area contributed by atoms with Crippen LogP contribution in [0.1, 0.15) is 59.3 Å². The fourth-order valence-electron chi connectivity index (χ4n) is 2.07. The summed E-state index contributed by atoms with van der Waals surface area (Å²) < 4.78 is 5.49. The molecule has 0 unspecified atom stereocenters. The SMILES string of the molecule is CCCOc1ncnc(NCCCCCCC(C)C)c1N. The number of nitrogen functional groups attached to an aromatic ring is 1. The van der Waals surface area contributed by atoms with Crippen LogP contribution in [-0.4, -0.2) is 23.1 Å². The van der Waals surface area contributed by atoms with Gasteiger partial charge in [0.2, 0.25) is 5.88 Å². The van der Waals surface area contributed by atoms with Crippen LogP contribution >= 0.6 is 0 Å². The molecule has 0 radical (unpaired) electrons. The first-order valence-corrected chi connectivity index (χ1v) is 8.12. The smallest absolute Gasteiger partial charge is 0.242 e. The highest BCUT2D eigenvalue weighted by molar-refractivity contribution is 5.66. The quantitative estimate of drug-likeness (QED) is 0.606. The monoisotopic (exact) mass is 294 g/mol. The lowest BCUT2D eigenvalue weighted by Gasteiger charge is -2.11. The van der Waals surface area contributed by atoms with Crippen molar-refractivity contribution in [2.45, 2.75) is 59.3 Å². The van der Waals surface area contributed by atoms with E-state index in [1.807, 2.05) is 0 Å². The Morgan fingerprint density at radius 1 is 1.19 bits per heavy atom. The van der Waals surface area contributed by atoms with Gasteiger partial charge in [0.1, 0.15) is 12.0 Å². The molecule has 0 atom stereocenters. The maximum Gasteiger partial charge on any atom is 0.242 e. The largest absolute Gasteiger partial charge is 0.476 e. The predicted molar refractivity (Wildman–Crippen MR) is 88.6 cm³/mol. The zero-order valence-corrected chi connectivity index (χ0v) is 13.7. The molecule has 21 heavy (non-hydrogen) atoms. The van der Waals surface area contributed by atoms with Crippen LogP contribution in [0.15, 0.2) is 6.33 Å². The van der Waals surface area contributed by atoms with E-state index in [1.54, 1.807) is 0 Å². The van der Waals surface area contributed by atoms with Gasteiger partial charge in [-0.2, -0.15) is 4.98 Å². The molecule has 5 heteroatoms. The average molecular weight is 294 g/mol. The molecule has 1 aromatic heterocycles. The Balaban J connectivity index is 2.25. The van der Waals surface area contributed by atoms with Gasteiger partial charge in [0.05, 0.1) is 6.61 Å². The number of aromatic nitrogens is 2. The summed E-state index contributed by atoms with van der Waals surface area (Å²) in [6.07, 6.45) is 8.74. The molecule has 1 aromatic rings. The normalized spacial score (nSPS) is 10.9. The molecule has 0 amide bonds. The van der Waals surface area contributed by atoms with Crippen molar-refractivity contribution in [3.05, 3.63) is 6.33 Å². The van der Waals surface area contributed by atoms with Crippen LogP contribution in [0.25, 0.3) is 0 Å². The van der Waals surface area contributed by atoms with Crippen molar-refractivity contribution in [2.24, 2.45) is 5.92 Å². The summed E-state index contributed by atoms with van der Waals surface area (Å²) >= 11 is 0. The van der Waals surface area contributed by atoms with Crippen molar-refractivity contribution >= 4 is 11.5 Å². The Morgan fingerprint density at radius 3 is 2.67 bits per heavy atom. The van der Waals surface area contributed by atoms with Crippen LogP contribution in [0.2, 0.25) is 0 Å². The number of ether oxygens (including phenoxy) is 1. The van der Waals surface area contributed by atoms with Gasteiger partial charge in [0, 0.05) is 6.54 Å². The van der Waals surface area contributed by atoms with Crippen molar-refractivity contribution in [3.8, 4) is 5.88 Å². The van der Waals surface area contributed by atoms with E-state index in [2.05, 4.69) is 36.1 Å². The lowest BCUT2D eigenvalue weighted by atomic mass is 10.0. The fraction of sp³-hybridized carbons (Fsp3) is 0.750. The Bertz CT molecular complexity index is 396. The van der Waals surface area contributed by atoms with E-state index in [4.69, 9.17) is 10.5 Å². The van der Waals surface area contributed by atoms with Gasteiger partial charge in [-0.25, -0.2) is 4.98 Å². The van der Waals surface area contributed by atoms with Gasteiger partial charge in [-0.1, -0.05) is 46.5 Å². The number of hydrogen-bond acceptors (Lipinski definition) is 5. The van der Waals surface area contributed by atoms with Crippen LogP contribution in [-0.2, 0) is 0 Å². The van der Waals surface area contributed by atoms with Crippen LogP contribution in [0.4, 0.5) is 11.5 Å². The summed E-state index contributed by atoms with van der Waals surface area (Å²) in [5.74, 6) is 1.97. The third-order valence-electron chi connectivity index (χ3n) is 3.29. The van der Waals surface area contributed by atoms with Crippen molar-refractivity contribution in [1.82, 2.24) is 9.97 Å². The average Bonchev–Trinajstić information content (AvgIpc) is 2.46. The number of nitrogens with zero attached hydrogens (tertiary/aromatic N) is 2. The number of unbranched alkanes of at least 4 members (excludes halogenated alkanes) is 3. The third kappa shape index (κ3) is 7.16. The van der Waals surface area contributed by atoms with E-state index < -0.39 is 0 Å². The van der Waals surface area contributed by atoms with Gasteiger partial charge in [-0.05, 0) is 18.8 Å². The lowest BCUT2D eigenvalue weighted by molar-refractivity contribution is 0.306. The molecular weight excluding hydrogens is 264 g/mol. The van der Waals surface area contributed by atoms with E-state index in [0.717, 1.165) is 25.3 Å². The summed E-state index contributed by atoms with van der Waals surface area (Å²) in [5.41, 5.74) is 6.51. The van der Waals surface area contributed by atoms with Crippen LogP contribution in [0.3, 0.4) is 0 Å². The minimum Gasteiger partial charge on any atom is -0.476 e. The zero-order chi connectivity index (χ0) is 15.5. The zero-order valence-electron chi connectivity index (χ0n) is 13.7. The highest BCUT2D eigenvalue weighted by Crippen LogP contribution is 2.24. The fourth-order valence-corrected chi connectivity index (χ4v) is 2.07. The Hall–Kier alpha value is -1.52. The van der Waals surface area contributed by atoms with E-state index in [0.29, 0.717) is 24.0 Å². The summed E-state index contributed by atoms with van der Waals surface area (Å²) in [6, 6.07) is 0. The number of nitrogens with one attached hydrogen (secondary N) is 1. The van der Waals surface area contributed by atoms with Gasteiger partial charge in [0.25, 0.3) is 0 Å². The molecule has 0 aliphatic carbocycles. The number of hydrogen-bond donors (Lipinski definition) is 2. The van der Waals surface area contributed by atoms with Crippen molar-refractivity contribution in [1.29, 1.82) is 0 Å². The molecule has 0 bridgehead atoms. The predicted octanol–water partition coefficient (Wildman–Crippen LogP) is 3.87. The van der Waals surface area contributed by atoms with E-state index in [-0.39, 0.29) is 0 Å². The Kier molecular flexibility index (Phi) is 8.55. The second-order valence-corrected chi connectivity index (χ2v) is 5.81. The molecule has 0 aromatic carbocycles. The number of anilines is 2. The second-order valence-electron chi connectivity index (χ2n) is 5.81. The first-order valence-electron chi connectivity index (χ1n) is 8.12. The molecule has 0 fully saturated rings. The summed E-state index contributed by atoms with van der Waals surface area (Å²) in [4.78, 5) is 8.24. The highest BCUT2D eigenvalue weighted by atomic mass is 16.5. The standard InChI is InChI=1S/C16H30N4O/c1-4-11-21-16-14(17)15(19-12-20-16)18-10-8-6-5-7-9-13(2)3/h12-13H,4-11,17H2,1-3H3,(H,18,19,20). The molecular formula is C16H30N4O. The Morgan fingerprint density at radius 2 is 1.95 bits per heavy atom. The van der Waals surface area contributed by atoms with Crippen molar-refractivity contribution < 1.29 is 4.74 Å². The molecule has 120 valence electrons. The van der Waals surface area contributed by atoms with E-state index >= 15 is 0 Å². The van der Waals surface area contributed by atoms with Gasteiger partial charge >= 0.3 is 0 Å². The third-order valence-corrected chi connectivity index (χ3v) is 3.29. The minimum atomic E-state index is 0.478. The summed E-state index contributed by atoms with van der Waals surface area (Å²) in [7, 11) is 0. The van der Waals surface area contributed by atoms with Gasteiger partial charge in [-0.15, -0.1) is 0 Å². The first kappa shape index (κ1) is 17.5. The number of nitrogens with two attached hydrogens (primary N) is 1. The topological polar surface area (TPSA) is 73.1 Å². The van der Waals surface area contributed by atoms with Gasteiger partial charge in [0.15, 0.2) is 5.82 Å². The van der Waals surface area contributed by atoms with E-state index in [9.17, 15) is 0 Å². The molecule has 5 nitrogen and oxygen atoms in total. The van der Waals surface area contributed by atoms with Crippen LogP contribution < -0.4 is 15.8 Å². The molecule has 0 aliphatic rings. The maximum absolute atomic E-state index is 6.01. The van der Waals surface area contributed by atoms with Gasteiger partial charge in [-0.3, -0.25) is 0 Å². The Labute approximate surface area is 128 Å². The van der Waals surface area contributed by atoms with Crippen molar-refractivity contribution in [2.75, 3.05) is 24.2 Å². The molecule has 0 aliphatic heterocycles. The maximum atomic E-state index is 6.01. The lowest BCUT2D eigenvalue weighted by Crippen LogP contribution is -2.09. The van der Waals surface area contributed by atoms with Crippen LogP contribution in [0, 0.1) is 5.92 Å². The number of rotatable bonds is 11. The minimum absolute atomic E-state index is 0.478. The molecule has 3 N–H and O–H groups in total. The molecule has 0 saturated heterocycles. The van der Waals surface area contributed by atoms with Gasteiger partial charge < -0.3 is 15.8 Å². The molecule has 1 rings (SSSR count). The molecule has 0 spiro atoms. The van der Waals surface area contributed by atoms with Crippen LogP contribution in [0.5, 0.6) is 5.88 Å². The first-order chi connectivity index (χ1) is 10.1. The molecule has 0 saturated carbocycles. The van der Waals surface area contributed by atoms with Crippen molar-refractivity contribution in [3.63, 3.8) is 0 Å². The second kappa shape index (κ2) is 10.2.